The molecule has 0 amide bonds. The highest BCUT2D eigenvalue weighted by atomic mass is 15.5. The monoisotopic (exact) mass is 323 g/mol. The Morgan fingerprint density at radius 2 is 1.75 bits per heavy atom. The molecule has 1 aliphatic heterocycles. The summed E-state index contributed by atoms with van der Waals surface area (Å²) in [5, 5.41) is 3.28. The molecule has 7 nitrogen and oxygen atoms in total. The highest BCUT2D eigenvalue weighted by molar-refractivity contribution is 5.39. The fraction of sp³-hybridized carbons (Fsp3) is 0.294. The maximum absolute atomic E-state index is 4.09. The zero-order valence-corrected chi connectivity index (χ0v) is 13.2. The van der Waals surface area contributed by atoms with Crippen molar-refractivity contribution >= 4 is 5.69 Å². The van der Waals surface area contributed by atoms with Crippen LogP contribution in [0, 0.1) is 11.8 Å². The standard InChI is InChI=1S/C17H21N7/c1-6-18-7-2-12(1)17(23-21-13-3-8-19-9-4-13)24-22-16-14-5-10-20-11-15(14)16/h1-10,14-17,20,22-24H,11H2,(H,19,21). The van der Waals surface area contributed by atoms with Gasteiger partial charge in [-0.15, -0.1) is 0 Å². The van der Waals surface area contributed by atoms with Crippen LogP contribution in [0.25, 0.3) is 0 Å². The Morgan fingerprint density at radius 1 is 1.00 bits per heavy atom. The van der Waals surface area contributed by atoms with E-state index < -0.39 is 0 Å². The molecule has 4 atom stereocenters. The van der Waals surface area contributed by atoms with E-state index in [0.717, 1.165) is 17.8 Å². The maximum atomic E-state index is 4.09. The summed E-state index contributed by atoms with van der Waals surface area (Å²) in [4.78, 5) is 8.11. The molecule has 0 aromatic carbocycles. The molecule has 1 saturated carbocycles. The molecule has 2 aromatic heterocycles. The Labute approximate surface area is 140 Å². The topological polar surface area (TPSA) is 85.9 Å². The second-order valence-electron chi connectivity index (χ2n) is 6.04. The molecule has 0 bridgehead atoms. The Morgan fingerprint density at radius 3 is 2.46 bits per heavy atom. The van der Waals surface area contributed by atoms with E-state index in [1.807, 2.05) is 30.5 Å². The van der Waals surface area contributed by atoms with Gasteiger partial charge in [0.1, 0.15) is 6.17 Å². The van der Waals surface area contributed by atoms with Crippen LogP contribution in [-0.2, 0) is 0 Å². The van der Waals surface area contributed by atoms with Gasteiger partial charge in [0.2, 0.25) is 0 Å². The van der Waals surface area contributed by atoms with Crippen LogP contribution >= 0.6 is 0 Å². The van der Waals surface area contributed by atoms with Crippen molar-refractivity contribution < 1.29 is 0 Å². The van der Waals surface area contributed by atoms with E-state index in [9.17, 15) is 0 Å². The number of nitrogens with zero attached hydrogens (tertiary/aromatic N) is 2. The van der Waals surface area contributed by atoms with Crippen LogP contribution in [0.2, 0.25) is 0 Å². The summed E-state index contributed by atoms with van der Waals surface area (Å²) in [6.45, 7) is 1.03. The van der Waals surface area contributed by atoms with Crippen molar-refractivity contribution in [3.63, 3.8) is 0 Å². The minimum atomic E-state index is -0.0965. The van der Waals surface area contributed by atoms with Crippen LogP contribution in [-0.4, -0.2) is 22.6 Å². The summed E-state index contributed by atoms with van der Waals surface area (Å²) in [6, 6.07) is 8.26. The molecule has 2 aliphatic rings. The number of hydrogen-bond acceptors (Lipinski definition) is 7. The van der Waals surface area contributed by atoms with Crippen molar-refractivity contribution in [2.75, 3.05) is 12.0 Å². The van der Waals surface area contributed by atoms with Gasteiger partial charge < -0.3 is 10.7 Å². The van der Waals surface area contributed by atoms with Gasteiger partial charge in [-0.3, -0.25) is 15.4 Å². The number of pyridine rings is 2. The second kappa shape index (κ2) is 6.96. The fourth-order valence-electron chi connectivity index (χ4n) is 3.04. The average molecular weight is 323 g/mol. The van der Waals surface area contributed by atoms with E-state index in [1.54, 1.807) is 24.8 Å². The predicted molar refractivity (Wildman–Crippen MR) is 92.2 cm³/mol. The number of hydrogen-bond donors (Lipinski definition) is 5. The first-order chi connectivity index (χ1) is 11.9. The Balaban J connectivity index is 1.38. The van der Waals surface area contributed by atoms with Crippen LogP contribution < -0.4 is 27.0 Å². The molecule has 3 heterocycles. The first kappa shape index (κ1) is 15.1. The summed E-state index contributed by atoms with van der Waals surface area (Å²) >= 11 is 0. The lowest BCUT2D eigenvalue weighted by atomic mass is 10.2. The minimum Gasteiger partial charge on any atom is -0.391 e. The van der Waals surface area contributed by atoms with Gasteiger partial charge in [0.25, 0.3) is 0 Å². The van der Waals surface area contributed by atoms with Crippen LogP contribution in [0.4, 0.5) is 5.69 Å². The summed E-state index contributed by atoms with van der Waals surface area (Å²) in [5.74, 6) is 1.28. The van der Waals surface area contributed by atoms with Gasteiger partial charge in [-0.2, -0.15) is 0 Å². The maximum Gasteiger partial charge on any atom is 0.113 e. The van der Waals surface area contributed by atoms with E-state index >= 15 is 0 Å². The lowest BCUT2D eigenvalue weighted by molar-refractivity contribution is 0.384. The smallest absolute Gasteiger partial charge is 0.113 e. The van der Waals surface area contributed by atoms with Gasteiger partial charge >= 0.3 is 0 Å². The van der Waals surface area contributed by atoms with Crippen molar-refractivity contribution in [3.8, 4) is 0 Å². The van der Waals surface area contributed by atoms with E-state index in [-0.39, 0.29) is 6.17 Å². The van der Waals surface area contributed by atoms with E-state index in [4.69, 9.17) is 0 Å². The van der Waals surface area contributed by atoms with Crippen molar-refractivity contribution in [3.05, 3.63) is 66.9 Å². The third kappa shape index (κ3) is 3.38. The molecule has 124 valence electrons. The molecule has 0 radical (unpaired) electrons. The summed E-state index contributed by atoms with van der Waals surface area (Å²) in [7, 11) is 0. The normalized spacial score (nSPS) is 25.4. The van der Waals surface area contributed by atoms with Crippen LogP contribution in [0.1, 0.15) is 11.7 Å². The van der Waals surface area contributed by atoms with Crippen LogP contribution in [0.3, 0.4) is 0 Å². The van der Waals surface area contributed by atoms with E-state index in [0.29, 0.717) is 17.9 Å². The highest BCUT2D eigenvalue weighted by Crippen LogP contribution is 2.41. The van der Waals surface area contributed by atoms with Crippen molar-refractivity contribution in [2.45, 2.75) is 12.2 Å². The molecule has 5 N–H and O–H groups in total. The molecular weight excluding hydrogens is 302 g/mol. The van der Waals surface area contributed by atoms with Gasteiger partial charge in [-0.1, -0.05) is 6.08 Å². The van der Waals surface area contributed by atoms with E-state index in [2.05, 4.69) is 43.1 Å². The minimum absolute atomic E-state index is 0.0965. The van der Waals surface area contributed by atoms with Gasteiger partial charge in [0, 0.05) is 49.2 Å². The van der Waals surface area contributed by atoms with Crippen molar-refractivity contribution in [2.24, 2.45) is 11.8 Å². The molecule has 24 heavy (non-hydrogen) atoms. The zero-order chi connectivity index (χ0) is 16.2. The van der Waals surface area contributed by atoms with Gasteiger partial charge in [-0.25, -0.2) is 10.9 Å². The lowest BCUT2D eigenvalue weighted by Gasteiger charge is -2.22. The zero-order valence-electron chi connectivity index (χ0n) is 13.2. The predicted octanol–water partition coefficient (Wildman–Crippen LogP) is 0.918. The molecule has 0 spiro atoms. The quantitative estimate of drug-likeness (QED) is 0.383. The number of aromatic nitrogens is 2. The fourth-order valence-corrected chi connectivity index (χ4v) is 3.04. The molecule has 4 unspecified atom stereocenters. The highest BCUT2D eigenvalue weighted by Gasteiger charge is 2.49. The third-order valence-electron chi connectivity index (χ3n) is 4.49. The summed E-state index contributed by atoms with van der Waals surface area (Å²) in [5.41, 5.74) is 15.4. The summed E-state index contributed by atoms with van der Waals surface area (Å²) < 4.78 is 0. The number of rotatable bonds is 7. The van der Waals surface area contributed by atoms with Crippen LogP contribution in [0.5, 0.6) is 0 Å². The van der Waals surface area contributed by atoms with Crippen molar-refractivity contribution in [1.82, 2.24) is 31.6 Å². The first-order valence-electron chi connectivity index (χ1n) is 8.14. The van der Waals surface area contributed by atoms with Gasteiger partial charge in [-0.05, 0) is 36.0 Å². The Kier molecular flexibility index (Phi) is 4.37. The Bertz CT molecular complexity index is 676. The molecule has 7 heteroatoms. The SMILES string of the molecule is C1=CC2C(CN1)C2NNC(NNc1ccncc1)c1ccncc1. The molecule has 0 saturated heterocycles. The average Bonchev–Trinajstić information content (AvgIpc) is 3.37. The Hall–Kier alpha value is -2.48. The van der Waals surface area contributed by atoms with E-state index in [1.165, 1.54) is 0 Å². The summed E-state index contributed by atoms with van der Waals surface area (Å²) in [6.07, 6.45) is 11.3. The number of anilines is 1. The third-order valence-corrected chi connectivity index (χ3v) is 4.49. The van der Waals surface area contributed by atoms with Crippen molar-refractivity contribution in [1.29, 1.82) is 0 Å². The molecule has 1 aliphatic carbocycles. The van der Waals surface area contributed by atoms with Crippen LogP contribution in [0.15, 0.2) is 61.3 Å². The molecule has 4 rings (SSSR count). The van der Waals surface area contributed by atoms with Gasteiger partial charge in [0.15, 0.2) is 0 Å². The van der Waals surface area contributed by atoms with Gasteiger partial charge in [0.05, 0.1) is 5.69 Å². The number of fused-ring (bicyclic) bond motifs is 1. The molecular formula is C17H21N7. The number of nitrogens with one attached hydrogen (secondary N) is 5. The lowest BCUT2D eigenvalue weighted by Crippen LogP contribution is -2.46. The number of hydrazine groups is 2. The first-order valence-corrected chi connectivity index (χ1v) is 8.14. The second-order valence-corrected chi connectivity index (χ2v) is 6.04. The largest absolute Gasteiger partial charge is 0.391 e. The molecule has 1 fully saturated rings. The molecule has 2 aromatic rings.